The van der Waals surface area contributed by atoms with Crippen molar-refractivity contribution < 1.29 is 19.1 Å². The van der Waals surface area contributed by atoms with Gasteiger partial charge in [-0.25, -0.2) is 4.79 Å². The largest absolute Gasteiger partial charge is 0.444 e. The van der Waals surface area contributed by atoms with Crippen LogP contribution >= 0.6 is 0 Å². The van der Waals surface area contributed by atoms with Crippen molar-refractivity contribution in [2.45, 2.75) is 72.6 Å². The van der Waals surface area contributed by atoms with Crippen LogP contribution in [0.2, 0.25) is 0 Å². The predicted molar refractivity (Wildman–Crippen MR) is 139 cm³/mol. The first-order chi connectivity index (χ1) is 16.3. The van der Waals surface area contributed by atoms with Crippen LogP contribution in [-0.2, 0) is 20.7 Å². The fraction of sp³-hybridized carbons (Fsp3) is 0.464. The minimum absolute atomic E-state index is 0.222. The Morgan fingerprint density at radius 2 is 1.60 bits per heavy atom. The molecule has 0 saturated carbocycles. The number of amides is 3. The molecule has 0 aliphatic carbocycles. The Hall–Kier alpha value is -3.35. The summed E-state index contributed by atoms with van der Waals surface area (Å²) in [6.45, 7) is 12.9. The number of aryl methyl sites for hydroxylation is 2. The molecule has 3 amide bonds. The second kappa shape index (κ2) is 11.9. The lowest BCUT2D eigenvalue weighted by Gasteiger charge is -2.33. The van der Waals surface area contributed by atoms with E-state index < -0.39 is 23.8 Å². The Morgan fingerprint density at radius 1 is 1.00 bits per heavy atom. The normalized spacial score (nSPS) is 13.1. The Morgan fingerprint density at radius 3 is 2.11 bits per heavy atom. The van der Waals surface area contributed by atoms with E-state index in [4.69, 9.17) is 4.74 Å². The van der Waals surface area contributed by atoms with Crippen LogP contribution in [0.1, 0.15) is 64.3 Å². The van der Waals surface area contributed by atoms with Gasteiger partial charge in [-0.15, -0.1) is 0 Å². The Kier molecular flexibility index (Phi) is 9.46. The standard InChI is InChI=1S/C28H39N3O4/c1-9-20-14-16-21(17-15-20)24(25(32)29-22-13-11-10-12-19(22)4)31(8)26(33)23(18(2)3)30-27(34)35-28(5,6)7/h10-18,23-24H,9H2,1-8H3,(H,29,32)(H,30,34). The minimum atomic E-state index is -0.894. The molecule has 0 spiro atoms. The molecule has 35 heavy (non-hydrogen) atoms. The molecule has 0 bridgehead atoms. The van der Waals surface area contributed by atoms with E-state index in [-0.39, 0.29) is 17.7 Å². The number of carbonyl (C=O) groups excluding carboxylic acids is 3. The molecule has 0 heterocycles. The quantitative estimate of drug-likeness (QED) is 0.539. The number of rotatable bonds is 8. The van der Waals surface area contributed by atoms with Gasteiger partial charge < -0.3 is 20.3 Å². The Labute approximate surface area is 209 Å². The monoisotopic (exact) mass is 481 g/mol. The van der Waals surface area contributed by atoms with Gasteiger partial charge in [-0.1, -0.05) is 63.2 Å². The highest BCUT2D eigenvalue weighted by atomic mass is 16.6. The van der Waals surface area contributed by atoms with Gasteiger partial charge in [0.25, 0.3) is 5.91 Å². The van der Waals surface area contributed by atoms with Crippen molar-refractivity contribution in [1.82, 2.24) is 10.2 Å². The number of nitrogens with one attached hydrogen (secondary N) is 2. The molecule has 2 rings (SSSR count). The van der Waals surface area contributed by atoms with Gasteiger partial charge >= 0.3 is 6.09 Å². The maximum absolute atomic E-state index is 13.6. The summed E-state index contributed by atoms with van der Waals surface area (Å²) >= 11 is 0. The van der Waals surface area contributed by atoms with Crippen LogP contribution in [0.15, 0.2) is 48.5 Å². The molecule has 2 N–H and O–H groups in total. The molecule has 2 aromatic carbocycles. The third-order valence-corrected chi connectivity index (χ3v) is 5.69. The molecule has 7 nitrogen and oxygen atoms in total. The van der Waals surface area contributed by atoms with Gasteiger partial charge in [0.05, 0.1) is 0 Å². The molecule has 0 fully saturated rings. The fourth-order valence-corrected chi connectivity index (χ4v) is 3.70. The summed E-state index contributed by atoms with van der Waals surface area (Å²) < 4.78 is 5.36. The van der Waals surface area contributed by atoms with Crippen molar-refractivity contribution in [2.75, 3.05) is 12.4 Å². The van der Waals surface area contributed by atoms with Crippen molar-refractivity contribution >= 4 is 23.6 Å². The zero-order valence-corrected chi connectivity index (χ0v) is 22.1. The molecule has 0 aliphatic rings. The van der Waals surface area contributed by atoms with E-state index >= 15 is 0 Å². The molecule has 0 aliphatic heterocycles. The highest BCUT2D eigenvalue weighted by molar-refractivity contribution is 5.99. The summed E-state index contributed by atoms with van der Waals surface area (Å²) in [7, 11) is 1.59. The third-order valence-electron chi connectivity index (χ3n) is 5.69. The van der Waals surface area contributed by atoms with Gasteiger partial charge in [-0.05, 0) is 62.8 Å². The second-order valence-corrected chi connectivity index (χ2v) is 10.1. The first kappa shape index (κ1) is 27.9. The summed E-state index contributed by atoms with van der Waals surface area (Å²) in [5.41, 5.74) is 2.72. The first-order valence-electron chi connectivity index (χ1n) is 12.1. The van der Waals surface area contributed by atoms with Crippen LogP contribution in [0.3, 0.4) is 0 Å². The van der Waals surface area contributed by atoms with Gasteiger partial charge in [0.15, 0.2) is 0 Å². The van der Waals surface area contributed by atoms with Gasteiger partial charge in [0.2, 0.25) is 5.91 Å². The fourth-order valence-electron chi connectivity index (χ4n) is 3.70. The summed E-state index contributed by atoms with van der Waals surface area (Å²) in [5.74, 6) is -0.936. The van der Waals surface area contributed by atoms with E-state index in [2.05, 4.69) is 17.6 Å². The van der Waals surface area contributed by atoms with E-state index in [1.165, 1.54) is 4.90 Å². The SMILES string of the molecule is CCc1ccc(C(C(=O)Nc2ccccc2C)N(C)C(=O)C(NC(=O)OC(C)(C)C)C(C)C)cc1. The average molecular weight is 482 g/mol. The van der Waals surface area contributed by atoms with Crippen molar-refractivity contribution in [3.63, 3.8) is 0 Å². The summed E-state index contributed by atoms with van der Waals surface area (Å²) in [5, 5.41) is 5.66. The van der Waals surface area contributed by atoms with Gasteiger partial charge in [0, 0.05) is 12.7 Å². The zero-order valence-electron chi connectivity index (χ0n) is 22.1. The average Bonchev–Trinajstić information content (AvgIpc) is 2.77. The summed E-state index contributed by atoms with van der Waals surface area (Å²) in [4.78, 5) is 41.0. The van der Waals surface area contributed by atoms with Crippen LogP contribution < -0.4 is 10.6 Å². The number of likely N-dealkylation sites (N-methyl/N-ethyl adjacent to an activating group) is 1. The lowest BCUT2D eigenvalue weighted by atomic mass is 9.98. The predicted octanol–water partition coefficient (Wildman–Crippen LogP) is 5.24. The number of hydrogen-bond donors (Lipinski definition) is 2. The number of anilines is 1. The minimum Gasteiger partial charge on any atom is -0.444 e. The molecule has 190 valence electrons. The van der Waals surface area contributed by atoms with E-state index in [9.17, 15) is 14.4 Å². The Balaban J connectivity index is 2.38. The van der Waals surface area contributed by atoms with E-state index in [0.717, 1.165) is 17.5 Å². The zero-order chi connectivity index (χ0) is 26.3. The second-order valence-electron chi connectivity index (χ2n) is 10.1. The van der Waals surface area contributed by atoms with E-state index in [1.54, 1.807) is 27.8 Å². The summed E-state index contributed by atoms with van der Waals surface area (Å²) in [6.07, 6.45) is 0.191. The Bertz CT molecular complexity index is 1030. The number of alkyl carbamates (subject to hydrolysis) is 1. The molecule has 2 aromatic rings. The van der Waals surface area contributed by atoms with Crippen molar-refractivity contribution in [1.29, 1.82) is 0 Å². The number of ether oxygens (including phenoxy) is 1. The van der Waals surface area contributed by atoms with Crippen LogP contribution in [0.4, 0.5) is 10.5 Å². The number of benzene rings is 2. The number of para-hydroxylation sites is 1. The lowest BCUT2D eigenvalue weighted by molar-refractivity contribution is -0.140. The van der Waals surface area contributed by atoms with Crippen molar-refractivity contribution in [3.05, 3.63) is 65.2 Å². The molecule has 2 unspecified atom stereocenters. The van der Waals surface area contributed by atoms with Crippen molar-refractivity contribution in [3.8, 4) is 0 Å². The molecule has 0 radical (unpaired) electrons. The van der Waals surface area contributed by atoms with E-state index in [1.807, 2.05) is 69.3 Å². The first-order valence-corrected chi connectivity index (χ1v) is 12.1. The molecule has 0 aromatic heterocycles. The van der Waals surface area contributed by atoms with Gasteiger partial charge in [0.1, 0.15) is 17.7 Å². The molecule has 0 saturated heterocycles. The van der Waals surface area contributed by atoms with Crippen LogP contribution in [0.5, 0.6) is 0 Å². The van der Waals surface area contributed by atoms with Gasteiger partial charge in [-0.2, -0.15) is 0 Å². The van der Waals surface area contributed by atoms with Crippen molar-refractivity contribution in [2.24, 2.45) is 5.92 Å². The third kappa shape index (κ3) is 7.84. The van der Waals surface area contributed by atoms with Crippen LogP contribution in [-0.4, -0.2) is 41.5 Å². The lowest BCUT2D eigenvalue weighted by Crippen LogP contribution is -2.53. The maximum Gasteiger partial charge on any atom is 0.408 e. The van der Waals surface area contributed by atoms with Crippen LogP contribution in [0.25, 0.3) is 0 Å². The van der Waals surface area contributed by atoms with E-state index in [0.29, 0.717) is 11.3 Å². The molecular formula is C28H39N3O4. The number of hydrogen-bond acceptors (Lipinski definition) is 4. The highest BCUT2D eigenvalue weighted by Gasteiger charge is 2.35. The highest BCUT2D eigenvalue weighted by Crippen LogP contribution is 2.25. The molecule has 2 atom stereocenters. The maximum atomic E-state index is 13.6. The number of carbonyl (C=O) groups is 3. The summed E-state index contributed by atoms with van der Waals surface area (Å²) in [6, 6.07) is 13.4. The topological polar surface area (TPSA) is 87.7 Å². The smallest absolute Gasteiger partial charge is 0.408 e. The number of nitrogens with zero attached hydrogens (tertiary/aromatic N) is 1. The molecular weight excluding hydrogens is 442 g/mol. The van der Waals surface area contributed by atoms with Gasteiger partial charge in [-0.3, -0.25) is 9.59 Å². The van der Waals surface area contributed by atoms with Crippen LogP contribution in [0, 0.1) is 12.8 Å². The molecule has 7 heteroatoms.